The molecule has 0 radical (unpaired) electrons. The molecule has 1 nitrogen and oxygen atoms in total. The molecule has 18 heavy (non-hydrogen) atoms. The van der Waals surface area contributed by atoms with Gasteiger partial charge in [0.25, 0.3) is 0 Å². The molecule has 0 amide bonds. The molecule has 0 bridgehead atoms. The van der Waals surface area contributed by atoms with Crippen molar-refractivity contribution in [2.24, 2.45) is 5.73 Å². The highest BCUT2D eigenvalue weighted by atomic mass is 35.5. The van der Waals surface area contributed by atoms with Gasteiger partial charge in [-0.1, -0.05) is 29.8 Å². The molecule has 0 aliphatic rings. The second-order valence-electron chi connectivity index (χ2n) is 3.85. The molecule has 2 rings (SSSR count). The Balaban J connectivity index is 2.19. The molecule has 2 aromatic carbocycles. The van der Waals surface area contributed by atoms with Gasteiger partial charge in [0, 0.05) is 21.7 Å². The van der Waals surface area contributed by atoms with E-state index < -0.39 is 0 Å². The summed E-state index contributed by atoms with van der Waals surface area (Å²) in [6, 6.07) is 14.1. The van der Waals surface area contributed by atoms with Crippen LogP contribution in [-0.2, 0) is 0 Å². The van der Waals surface area contributed by atoms with E-state index >= 15 is 0 Å². The van der Waals surface area contributed by atoms with Crippen molar-refractivity contribution >= 4 is 23.4 Å². The second-order valence-corrected chi connectivity index (χ2v) is 5.57. The molecule has 0 aliphatic carbocycles. The second kappa shape index (κ2) is 6.23. The zero-order chi connectivity index (χ0) is 13.0. The lowest BCUT2D eigenvalue weighted by molar-refractivity contribution is 0.625. The molecule has 0 aromatic heterocycles. The molecular weight excluding hydrogens is 269 g/mol. The van der Waals surface area contributed by atoms with Crippen molar-refractivity contribution in [1.29, 1.82) is 0 Å². The third-order valence-electron chi connectivity index (χ3n) is 2.51. The monoisotopic (exact) mass is 281 g/mol. The molecule has 0 saturated heterocycles. The van der Waals surface area contributed by atoms with E-state index in [2.05, 4.69) is 0 Å². The van der Waals surface area contributed by atoms with Crippen LogP contribution in [0.15, 0.2) is 53.4 Å². The summed E-state index contributed by atoms with van der Waals surface area (Å²) in [6.07, 6.45) is 0. The van der Waals surface area contributed by atoms with Crippen LogP contribution in [-0.4, -0.2) is 6.54 Å². The fourth-order valence-electron chi connectivity index (χ4n) is 1.66. The summed E-state index contributed by atoms with van der Waals surface area (Å²) in [5.74, 6) is -0.238. The molecule has 0 heterocycles. The molecule has 1 unspecified atom stereocenters. The van der Waals surface area contributed by atoms with E-state index in [-0.39, 0.29) is 11.1 Å². The van der Waals surface area contributed by atoms with Gasteiger partial charge in [-0.15, -0.1) is 11.8 Å². The molecule has 2 N–H and O–H groups in total. The average molecular weight is 282 g/mol. The summed E-state index contributed by atoms with van der Waals surface area (Å²) < 4.78 is 13.2. The Hall–Kier alpha value is -1.03. The SMILES string of the molecule is NCC(Sc1cccc(Cl)c1)c1cccc(F)c1. The average Bonchev–Trinajstić information content (AvgIpc) is 2.36. The maximum Gasteiger partial charge on any atom is 0.123 e. The predicted octanol–water partition coefficient (Wildman–Crippen LogP) is 4.27. The van der Waals surface area contributed by atoms with Gasteiger partial charge in [-0.25, -0.2) is 4.39 Å². The first kappa shape index (κ1) is 13.4. The fraction of sp³-hybridized carbons (Fsp3) is 0.143. The normalized spacial score (nSPS) is 12.4. The lowest BCUT2D eigenvalue weighted by Gasteiger charge is -2.15. The van der Waals surface area contributed by atoms with E-state index in [1.54, 1.807) is 17.8 Å². The van der Waals surface area contributed by atoms with E-state index in [9.17, 15) is 4.39 Å². The van der Waals surface area contributed by atoms with Crippen LogP contribution in [0.5, 0.6) is 0 Å². The first-order valence-electron chi connectivity index (χ1n) is 5.57. The number of hydrogen-bond acceptors (Lipinski definition) is 2. The molecule has 0 aliphatic heterocycles. The first-order valence-corrected chi connectivity index (χ1v) is 6.82. The Morgan fingerprint density at radius 3 is 2.61 bits per heavy atom. The van der Waals surface area contributed by atoms with Gasteiger partial charge in [0.05, 0.1) is 0 Å². The lowest BCUT2D eigenvalue weighted by Crippen LogP contribution is -2.09. The zero-order valence-corrected chi connectivity index (χ0v) is 11.2. The molecule has 2 aromatic rings. The van der Waals surface area contributed by atoms with Gasteiger partial charge in [0.15, 0.2) is 0 Å². The largest absolute Gasteiger partial charge is 0.329 e. The van der Waals surface area contributed by atoms with Gasteiger partial charge in [0.2, 0.25) is 0 Å². The summed E-state index contributed by atoms with van der Waals surface area (Å²) in [5, 5.41) is 0.717. The Morgan fingerprint density at radius 2 is 1.94 bits per heavy atom. The lowest BCUT2D eigenvalue weighted by atomic mass is 10.1. The Labute approximate surface area is 115 Å². The van der Waals surface area contributed by atoms with E-state index in [1.807, 2.05) is 30.3 Å². The van der Waals surface area contributed by atoms with Crippen molar-refractivity contribution in [3.05, 3.63) is 64.9 Å². The number of nitrogens with two attached hydrogens (primary N) is 1. The Kier molecular flexibility index (Phi) is 4.64. The predicted molar refractivity (Wildman–Crippen MR) is 75.5 cm³/mol. The van der Waals surface area contributed by atoms with Crippen LogP contribution in [0.1, 0.15) is 10.8 Å². The van der Waals surface area contributed by atoms with Crippen LogP contribution in [0.4, 0.5) is 4.39 Å². The molecule has 0 saturated carbocycles. The van der Waals surface area contributed by atoms with E-state index in [0.29, 0.717) is 11.6 Å². The van der Waals surface area contributed by atoms with Crippen LogP contribution in [0.3, 0.4) is 0 Å². The minimum Gasteiger partial charge on any atom is -0.329 e. The van der Waals surface area contributed by atoms with Gasteiger partial charge >= 0.3 is 0 Å². The maximum absolute atomic E-state index is 13.2. The first-order chi connectivity index (χ1) is 8.69. The molecule has 4 heteroatoms. The number of rotatable bonds is 4. The quantitative estimate of drug-likeness (QED) is 0.847. The van der Waals surface area contributed by atoms with Gasteiger partial charge in [0.1, 0.15) is 5.82 Å². The van der Waals surface area contributed by atoms with E-state index in [0.717, 1.165) is 10.5 Å². The van der Waals surface area contributed by atoms with Gasteiger partial charge in [-0.3, -0.25) is 0 Å². The fourth-order valence-corrected chi connectivity index (χ4v) is 2.98. The summed E-state index contributed by atoms with van der Waals surface area (Å²) in [7, 11) is 0. The Morgan fingerprint density at radius 1 is 1.17 bits per heavy atom. The van der Waals surface area contributed by atoms with Crippen LogP contribution in [0.2, 0.25) is 5.02 Å². The van der Waals surface area contributed by atoms with Crippen LogP contribution in [0, 0.1) is 5.82 Å². The number of hydrogen-bond donors (Lipinski definition) is 1. The topological polar surface area (TPSA) is 26.0 Å². The van der Waals surface area contributed by atoms with Crippen LogP contribution in [0.25, 0.3) is 0 Å². The van der Waals surface area contributed by atoms with Crippen molar-refractivity contribution in [2.75, 3.05) is 6.54 Å². The summed E-state index contributed by atoms with van der Waals surface area (Å²) in [6.45, 7) is 0.445. The zero-order valence-electron chi connectivity index (χ0n) is 9.64. The van der Waals surface area contributed by atoms with Gasteiger partial charge < -0.3 is 5.73 Å². The number of benzene rings is 2. The number of halogens is 2. The van der Waals surface area contributed by atoms with Gasteiger partial charge in [-0.2, -0.15) is 0 Å². The highest BCUT2D eigenvalue weighted by Crippen LogP contribution is 2.35. The van der Waals surface area contributed by atoms with Crippen molar-refractivity contribution < 1.29 is 4.39 Å². The van der Waals surface area contributed by atoms with Crippen molar-refractivity contribution in [3.8, 4) is 0 Å². The smallest absolute Gasteiger partial charge is 0.123 e. The third-order valence-corrected chi connectivity index (χ3v) is 4.02. The van der Waals surface area contributed by atoms with Gasteiger partial charge in [-0.05, 0) is 35.9 Å². The number of thioether (sulfide) groups is 1. The summed E-state index contributed by atoms with van der Waals surface area (Å²) >= 11 is 7.53. The van der Waals surface area contributed by atoms with Crippen LogP contribution < -0.4 is 5.73 Å². The summed E-state index contributed by atoms with van der Waals surface area (Å²) in [5.41, 5.74) is 6.66. The van der Waals surface area contributed by atoms with E-state index in [4.69, 9.17) is 17.3 Å². The molecule has 94 valence electrons. The highest BCUT2D eigenvalue weighted by molar-refractivity contribution is 7.99. The van der Waals surface area contributed by atoms with Crippen LogP contribution >= 0.6 is 23.4 Å². The molecule has 0 spiro atoms. The van der Waals surface area contributed by atoms with Crippen molar-refractivity contribution in [2.45, 2.75) is 10.1 Å². The molecule has 1 atom stereocenters. The summed E-state index contributed by atoms with van der Waals surface area (Å²) in [4.78, 5) is 1.03. The van der Waals surface area contributed by atoms with Crippen molar-refractivity contribution in [1.82, 2.24) is 0 Å². The molecular formula is C14H13ClFNS. The third kappa shape index (κ3) is 3.48. The van der Waals surface area contributed by atoms with E-state index in [1.165, 1.54) is 12.1 Å². The minimum atomic E-state index is -0.238. The maximum atomic E-state index is 13.2. The highest BCUT2D eigenvalue weighted by Gasteiger charge is 2.12. The molecule has 0 fully saturated rings. The Bertz CT molecular complexity index is 533. The minimum absolute atomic E-state index is 0.0270. The van der Waals surface area contributed by atoms with Crippen molar-refractivity contribution in [3.63, 3.8) is 0 Å². The standard InChI is InChI=1S/C14H13ClFNS/c15-11-4-2-6-13(8-11)18-14(9-17)10-3-1-5-12(16)7-10/h1-8,14H,9,17H2.